The predicted molar refractivity (Wildman–Crippen MR) is 69.9 cm³/mol. The van der Waals surface area contributed by atoms with Gasteiger partial charge in [0.1, 0.15) is 6.61 Å². The summed E-state index contributed by atoms with van der Waals surface area (Å²) in [7, 11) is 3.30. The fourth-order valence-corrected chi connectivity index (χ4v) is 1.47. The van der Waals surface area contributed by atoms with Gasteiger partial charge < -0.3 is 20.1 Å². The molecule has 0 aromatic heterocycles. The highest BCUT2D eigenvalue weighted by Crippen LogP contribution is 2.27. The van der Waals surface area contributed by atoms with Gasteiger partial charge in [0.15, 0.2) is 11.5 Å². The van der Waals surface area contributed by atoms with Crippen molar-refractivity contribution in [1.29, 1.82) is 0 Å². The summed E-state index contributed by atoms with van der Waals surface area (Å²) in [6, 6.07) is 5.72. The quantitative estimate of drug-likeness (QED) is 0.813. The first-order chi connectivity index (χ1) is 8.58. The van der Waals surface area contributed by atoms with E-state index in [0.717, 1.165) is 5.56 Å². The van der Waals surface area contributed by atoms with Crippen molar-refractivity contribution in [2.75, 3.05) is 33.9 Å². The largest absolute Gasteiger partial charge is 0.493 e. The zero-order chi connectivity index (χ0) is 13.5. The van der Waals surface area contributed by atoms with Gasteiger partial charge in [-0.2, -0.15) is 0 Å². The van der Waals surface area contributed by atoms with E-state index in [1.807, 2.05) is 25.1 Å². The molecular formula is C13H20N2O3. The molecule has 0 heterocycles. The van der Waals surface area contributed by atoms with E-state index in [-0.39, 0.29) is 12.5 Å². The van der Waals surface area contributed by atoms with Crippen LogP contribution in [0.1, 0.15) is 5.56 Å². The van der Waals surface area contributed by atoms with Crippen molar-refractivity contribution in [3.63, 3.8) is 0 Å². The minimum atomic E-state index is -0.102. The highest BCUT2D eigenvalue weighted by molar-refractivity contribution is 5.77. The highest BCUT2D eigenvalue weighted by Gasteiger charge is 2.07. The molecule has 100 valence electrons. The van der Waals surface area contributed by atoms with Gasteiger partial charge in [0.05, 0.1) is 20.2 Å². The Morgan fingerprint density at radius 2 is 2.11 bits per heavy atom. The Balaban J connectivity index is 2.51. The van der Waals surface area contributed by atoms with Crippen molar-refractivity contribution in [3.8, 4) is 11.5 Å². The van der Waals surface area contributed by atoms with Crippen LogP contribution in [-0.2, 0) is 4.79 Å². The number of likely N-dealkylation sites (N-methyl/N-ethyl adjacent to an activating group) is 1. The Morgan fingerprint density at radius 3 is 2.72 bits per heavy atom. The molecule has 18 heavy (non-hydrogen) atoms. The maximum absolute atomic E-state index is 11.2. The van der Waals surface area contributed by atoms with E-state index in [2.05, 4.69) is 0 Å². The second kappa shape index (κ2) is 6.86. The summed E-state index contributed by atoms with van der Waals surface area (Å²) in [6.45, 7) is 2.90. The normalized spacial score (nSPS) is 10.0. The molecule has 2 N–H and O–H groups in total. The predicted octanol–water partition coefficient (Wildman–Crippen LogP) is 0.800. The van der Waals surface area contributed by atoms with E-state index >= 15 is 0 Å². The van der Waals surface area contributed by atoms with Crippen LogP contribution in [0, 0.1) is 6.92 Å². The lowest BCUT2D eigenvalue weighted by Crippen LogP contribution is -2.35. The van der Waals surface area contributed by atoms with Crippen molar-refractivity contribution in [2.45, 2.75) is 6.92 Å². The van der Waals surface area contributed by atoms with Crippen LogP contribution >= 0.6 is 0 Å². The summed E-state index contributed by atoms with van der Waals surface area (Å²) < 4.78 is 10.8. The summed E-state index contributed by atoms with van der Waals surface area (Å²) in [6.07, 6.45) is 0. The van der Waals surface area contributed by atoms with Crippen molar-refractivity contribution in [2.24, 2.45) is 5.73 Å². The lowest BCUT2D eigenvalue weighted by Gasteiger charge is -2.17. The molecule has 5 nitrogen and oxygen atoms in total. The fourth-order valence-electron chi connectivity index (χ4n) is 1.47. The van der Waals surface area contributed by atoms with E-state index in [1.54, 1.807) is 19.1 Å². The Labute approximate surface area is 107 Å². The van der Waals surface area contributed by atoms with Gasteiger partial charge in [-0.05, 0) is 24.6 Å². The van der Waals surface area contributed by atoms with Gasteiger partial charge in [0.2, 0.25) is 5.91 Å². The molecule has 0 unspecified atom stereocenters. The second-order valence-electron chi connectivity index (χ2n) is 4.02. The molecule has 0 bridgehead atoms. The molecule has 1 amide bonds. The topological polar surface area (TPSA) is 64.8 Å². The minimum Gasteiger partial charge on any atom is -0.493 e. The van der Waals surface area contributed by atoms with Crippen LogP contribution in [-0.4, -0.2) is 44.7 Å². The first-order valence-electron chi connectivity index (χ1n) is 5.80. The number of rotatable bonds is 6. The van der Waals surface area contributed by atoms with Crippen LogP contribution in [0.25, 0.3) is 0 Å². The van der Waals surface area contributed by atoms with Crippen molar-refractivity contribution >= 4 is 5.91 Å². The van der Waals surface area contributed by atoms with Crippen LogP contribution in [0.5, 0.6) is 11.5 Å². The SMILES string of the molecule is COc1cc(C)ccc1OCCN(C)C(=O)CN. The minimum absolute atomic E-state index is 0.0182. The summed E-state index contributed by atoms with van der Waals surface area (Å²) >= 11 is 0. The summed E-state index contributed by atoms with van der Waals surface area (Å²) in [5, 5.41) is 0. The van der Waals surface area contributed by atoms with Crippen LogP contribution in [0.3, 0.4) is 0 Å². The average molecular weight is 252 g/mol. The van der Waals surface area contributed by atoms with Gasteiger partial charge in [-0.15, -0.1) is 0 Å². The van der Waals surface area contributed by atoms with Crippen LogP contribution in [0.2, 0.25) is 0 Å². The Kier molecular flexibility index (Phi) is 5.45. The number of benzene rings is 1. The Bertz CT molecular complexity index is 407. The standard InChI is InChI=1S/C13H20N2O3/c1-10-4-5-11(12(8-10)17-3)18-7-6-15(2)13(16)9-14/h4-5,8H,6-7,9,14H2,1-3H3. The van der Waals surface area contributed by atoms with Crippen LogP contribution in [0.15, 0.2) is 18.2 Å². The number of methoxy groups -OCH3 is 1. The van der Waals surface area contributed by atoms with E-state index in [4.69, 9.17) is 15.2 Å². The molecule has 0 aliphatic rings. The molecule has 0 fully saturated rings. The van der Waals surface area contributed by atoms with E-state index in [1.165, 1.54) is 0 Å². The maximum Gasteiger partial charge on any atom is 0.236 e. The Hall–Kier alpha value is -1.75. The van der Waals surface area contributed by atoms with Crippen LogP contribution in [0.4, 0.5) is 0 Å². The van der Waals surface area contributed by atoms with Gasteiger partial charge in [-0.1, -0.05) is 6.07 Å². The number of hydrogen-bond acceptors (Lipinski definition) is 4. The van der Waals surface area contributed by atoms with E-state index < -0.39 is 0 Å². The first kappa shape index (κ1) is 14.3. The number of nitrogens with zero attached hydrogens (tertiary/aromatic N) is 1. The number of hydrogen-bond donors (Lipinski definition) is 1. The molecule has 1 aromatic rings. The van der Waals surface area contributed by atoms with Gasteiger partial charge in [-0.25, -0.2) is 0 Å². The lowest BCUT2D eigenvalue weighted by atomic mass is 10.2. The molecular weight excluding hydrogens is 232 g/mol. The van der Waals surface area contributed by atoms with Gasteiger partial charge in [0.25, 0.3) is 0 Å². The summed E-state index contributed by atoms with van der Waals surface area (Å²) in [5.74, 6) is 1.27. The molecule has 5 heteroatoms. The van der Waals surface area contributed by atoms with Gasteiger partial charge in [-0.3, -0.25) is 4.79 Å². The third-order valence-corrected chi connectivity index (χ3v) is 2.60. The first-order valence-corrected chi connectivity index (χ1v) is 5.80. The number of carbonyl (C=O) groups is 1. The number of ether oxygens (including phenoxy) is 2. The average Bonchev–Trinajstić information content (AvgIpc) is 2.39. The monoisotopic (exact) mass is 252 g/mol. The van der Waals surface area contributed by atoms with Crippen molar-refractivity contribution in [3.05, 3.63) is 23.8 Å². The third kappa shape index (κ3) is 3.92. The molecule has 0 aliphatic carbocycles. The summed E-state index contributed by atoms with van der Waals surface area (Å²) in [5.41, 5.74) is 6.37. The van der Waals surface area contributed by atoms with E-state index in [9.17, 15) is 4.79 Å². The molecule has 1 aromatic carbocycles. The number of nitrogens with two attached hydrogens (primary N) is 1. The molecule has 0 spiro atoms. The lowest BCUT2D eigenvalue weighted by molar-refractivity contribution is -0.128. The molecule has 0 saturated carbocycles. The molecule has 0 radical (unpaired) electrons. The number of aryl methyl sites for hydroxylation is 1. The second-order valence-corrected chi connectivity index (χ2v) is 4.02. The summed E-state index contributed by atoms with van der Waals surface area (Å²) in [4.78, 5) is 12.8. The van der Waals surface area contributed by atoms with Crippen molar-refractivity contribution in [1.82, 2.24) is 4.90 Å². The fraction of sp³-hybridized carbons (Fsp3) is 0.462. The molecule has 0 atom stereocenters. The van der Waals surface area contributed by atoms with E-state index in [0.29, 0.717) is 24.7 Å². The zero-order valence-electron chi connectivity index (χ0n) is 11.1. The van der Waals surface area contributed by atoms with Crippen molar-refractivity contribution < 1.29 is 14.3 Å². The third-order valence-electron chi connectivity index (χ3n) is 2.60. The molecule has 0 saturated heterocycles. The van der Waals surface area contributed by atoms with Gasteiger partial charge in [0, 0.05) is 7.05 Å². The van der Waals surface area contributed by atoms with Crippen LogP contribution < -0.4 is 15.2 Å². The number of carbonyl (C=O) groups excluding carboxylic acids is 1. The molecule has 0 aliphatic heterocycles. The van der Waals surface area contributed by atoms with Gasteiger partial charge >= 0.3 is 0 Å². The molecule has 1 rings (SSSR count). The Morgan fingerprint density at radius 1 is 1.39 bits per heavy atom. The highest BCUT2D eigenvalue weighted by atomic mass is 16.5. The smallest absolute Gasteiger partial charge is 0.236 e. The zero-order valence-corrected chi connectivity index (χ0v) is 11.1. The maximum atomic E-state index is 11.2. The number of amides is 1.